The number of halogens is 1. The normalized spacial score (nSPS) is 12.3. The van der Waals surface area contributed by atoms with Crippen LogP contribution in [0, 0.1) is 5.95 Å². The molecule has 14 heavy (non-hydrogen) atoms. The number of rotatable bonds is 0. The molecule has 0 aliphatic heterocycles. The first-order valence-corrected chi connectivity index (χ1v) is 4.47. The number of aromatic nitrogens is 3. The van der Waals surface area contributed by atoms with Crippen LogP contribution in [0.15, 0.2) is 18.6 Å². The van der Waals surface area contributed by atoms with E-state index in [9.17, 15) is 4.39 Å². The summed E-state index contributed by atoms with van der Waals surface area (Å²) in [5, 5.41) is 0. The predicted octanol–water partition coefficient (Wildman–Crippen LogP) is 2.17. The van der Waals surface area contributed by atoms with Crippen LogP contribution in [0.1, 0.15) is 26.5 Å². The van der Waals surface area contributed by atoms with Crippen LogP contribution in [0.25, 0.3) is 5.65 Å². The molecule has 0 saturated heterocycles. The zero-order valence-corrected chi connectivity index (χ0v) is 8.45. The van der Waals surface area contributed by atoms with Gasteiger partial charge in [0.15, 0.2) is 5.65 Å². The number of nitrogens with zero attached hydrogens (tertiary/aromatic N) is 3. The molecule has 0 saturated carbocycles. The third-order valence-electron chi connectivity index (χ3n) is 2.12. The van der Waals surface area contributed by atoms with Crippen molar-refractivity contribution in [3.05, 3.63) is 30.2 Å². The van der Waals surface area contributed by atoms with E-state index in [1.807, 2.05) is 20.8 Å². The first kappa shape index (κ1) is 9.12. The molecule has 3 nitrogen and oxygen atoms in total. The summed E-state index contributed by atoms with van der Waals surface area (Å²) < 4.78 is 14.6. The van der Waals surface area contributed by atoms with Crippen LogP contribution in [-0.2, 0) is 5.41 Å². The second-order valence-electron chi connectivity index (χ2n) is 4.33. The molecule has 2 rings (SSSR count). The SMILES string of the molecule is CC(C)(C)c1cn2c(F)cnc2cn1. The zero-order valence-electron chi connectivity index (χ0n) is 8.45. The summed E-state index contributed by atoms with van der Waals surface area (Å²) in [4.78, 5) is 8.11. The molecule has 0 amide bonds. The third-order valence-corrected chi connectivity index (χ3v) is 2.12. The smallest absolute Gasteiger partial charge is 0.218 e. The number of fused-ring (bicyclic) bond motifs is 1. The minimum atomic E-state index is -0.354. The Bertz CT molecular complexity index is 468. The van der Waals surface area contributed by atoms with Crippen molar-refractivity contribution in [2.75, 3.05) is 0 Å². The van der Waals surface area contributed by atoms with Gasteiger partial charge >= 0.3 is 0 Å². The molecular weight excluding hydrogens is 181 g/mol. The molecular formula is C10H12FN3. The molecule has 0 aliphatic carbocycles. The van der Waals surface area contributed by atoms with E-state index in [0.717, 1.165) is 5.69 Å². The Morgan fingerprint density at radius 2 is 1.93 bits per heavy atom. The summed E-state index contributed by atoms with van der Waals surface area (Å²) in [5.74, 6) is -0.354. The predicted molar refractivity (Wildman–Crippen MR) is 51.6 cm³/mol. The summed E-state index contributed by atoms with van der Waals surface area (Å²) in [6, 6.07) is 0. The van der Waals surface area contributed by atoms with Crippen LogP contribution in [0.3, 0.4) is 0 Å². The van der Waals surface area contributed by atoms with E-state index in [1.165, 1.54) is 10.6 Å². The Labute approximate surface area is 81.6 Å². The van der Waals surface area contributed by atoms with Crippen LogP contribution < -0.4 is 0 Å². The van der Waals surface area contributed by atoms with Gasteiger partial charge in [0.25, 0.3) is 0 Å². The molecule has 74 valence electrons. The average molecular weight is 193 g/mol. The van der Waals surface area contributed by atoms with E-state index in [0.29, 0.717) is 5.65 Å². The highest BCUT2D eigenvalue weighted by Crippen LogP contribution is 2.20. The molecule has 4 heteroatoms. The molecule has 0 aliphatic rings. The maximum absolute atomic E-state index is 13.2. The summed E-state index contributed by atoms with van der Waals surface area (Å²) in [7, 11) is 0. The van der Waals surface area contributed by atoms with Gasteiger partial charge in [-0.2, -0.15) is 4.39 Å². The highest BCUT2D eigenvalue weighted by atomic mass is 19.1. The quantitative estimate of drug-likeness (QED) is 0.641. The molecule has 0 N–H and O–H groups in total. The first-order chi connectivity index (χ1) is 6.48. The van der Waals surface area contributed by atoms with Gasteiger partial charge in [0, 0.05) is 11.6 Å². The second kappa shape index (κ2) is 2.77. The molecule has 0 fully saturated rings. The molecule has 0 aromatic carbocycles. The molecule has 0 bridgehead atoms. The van der Waals surface area contributed by atoms with Crippen molar-refractivity contribution >= 4 is 5.65 Å². The Kier molecular flexibility index (Phi) is 1.80. The van der Waals surface area contributed by atoms with Gasteiger partial charge in [-0.3, -0.25) is 9.38 Å². The minimum Gasteiger partial charge on any atom is -0.273 e. The molecule has 2 aromatic rings. The lowest BCUT2D eigenvalue weighted by molar-refractivity contribution is 0.545. The van der Waals surface area contributed by atoms with Crippen LogP contribution in [0.2, 0.25) is 0 Å². The van der Waals surface area contributed by atoms with Gasteiger partial charge in [-0.05, 0) is 0 Å². The van der Waals surface area contributed by atoms with Crippen molar-refractivity contribution in [1.29, 1.82) is 0 Å². The van der Waals surface area contributed by atoms with Gasteiger partial charge in [0.2, 0.25) is 5.95 Å². The van der Waals surface area contributed by atoms with Crippen LogP contribution in [0.4, 0.5) is 4.39 Å². The Morgan fingerprint density at radius 3 is 2.57 bits per heavy atom. The van der Waals surface area contributed by atoms with Gasteiger partial charge in [0.05, 0.1) is 18.1 Å². The lowest BCUT2D eigenvalue weighted by Crippen LogP contribution is -2.14. The maximum atomic E-state index is 13.2. The van der Waals surface area contributed by atoms with Gasteiger partial charge in [0.1, 0.15) is 0 Å². The topological polar surface area (TPSA) is 30.2 Å². The van der Waals surface area contributed by atoms with E-state index >= 15 is 0 Å². The molecule has 2 heterocycles. The summed E-state index contributed by atoms with van der Waals surface area (Å²) in [6.07, 6.45) is 4.48. The summed E-state index contributed by atoms with van der Waals surface area (Å²) in [6.45, 7) is 6.11. The van der Waals surface area contributed by atoms with Crippen molar-refractivity contribution in [2.24, 2.45) is 0 Å². The summed E-state index contributed by atoms with van der Waals surface area (Å²) >= 11 is 0. The van der Waals surface area contributed by atoms with Crippen molar-refractivity contribution in [3.8, 4) is 0 Å². The third kappa shape index (κ3) is 1.36. The van der Waals surface area contributed by atoms with E-state index < -0.39 is 0 Å². The Hall–Kier alpha value is -1.45. The van der Waals surface area contributed by atoms with Crippen molar-refractivity contribution < 1.29 is 4.39 Å². The molecule has 0 atom stereocenters. The number of hydrogen-bond acceptors (Lipinski definition) is 2. The molecule has 0 spiro atoms. The van der Waals surface area contributed by atoms with Gasteiger partial charge in [-0.15, -0.1) is 0 Å². The zero-order chi connectivity index (χ0) is 10.3. The second-order valence-corrected chi connectivity index (χ2v) is 4.33. The highest BCUT2D eigenvalue weighted by Gasteiger charge is 2.16. The standard InChI is InChI=1S/C10H12FN3/c1-10(2,3)7-6-14-8(11)4-13-9(14)5-12-7/h4-6H,1-3H3. The lowest BCUT2D eigenvalue weighted by atomic mass is 9.93. The van der Waals surface area contributed by atoms with E-state index in [2.05, 4.69) is 9.97 Å². The highest BCUT2D eigenvalue weighted by molar-refractivity contribution is 5.36. The van der Waals surface area contributed by atoms with E-state index in [4.69, 9.17) is 0 Å². The summed E-state index contributed by atoms with van der Waals surface area (Å²) in [5.41, 5.74) is 1.31. The van der Waals surface area contributed by atoms with Crippen molar-refractivity contribution in [1.82, 2.24) is 14.4 Å². The first-order valence-electron chi connectivity index (χ1n) is 4.47. The average Bonchev–Trinajstić information content (AvgIpc) is 2.46. The monoisotopic (exact) mass is 193 g/mol. The van der Waals surface area contributed by atoms with Crippen molar-refractivity contribution in [2.45, 2.75) is 26.2 Å². The van der Waals surface area contributed by atoms with Crippen LogP contribution >= 0.6 is 0 Å². The maximum Gasteiger partial charge on any atom is 0.218 e. The molecule has 2 aromatic heterocycles. The van der Waals surface area contributed by atoms with Gasteiger partial charge in [-0.1, -0.05) is 20.8 Å². The van der Waals surface area contributed by atoms with Crippen LogP contribution in [-0.4, -0.2) is 14.4 Å². The lowest BCUT2D eigenvalue weighted by Gasteiger charge is -2.17. The number of hydrogen-bond donors (Lipinski definition) is 0. The van der Waals surface area contributed by atoms with Gasteiger partial charge in [-0.25, -0.2) is 4.98 Å². The fourth-order valence-corrected chi connectivity index (χ4v) is 1.25. The fraction of sp³-hybridized carbons (Fsp3) is 0.400. The Balaban J connectivity index is 2.66. The van der Waals surface area contributed by atoms with Crippen molar-refractivity contribution in [3.63, 3.8) is 0 Å². The van der Waals surface area contributed by atoms with Gasteiger partial charge < -0.3 is 0 Å². The largest absolute Gasteiger partial charge is 0.273 e. The van der Waals surface area contributed by atoms with Crippen LogP contribution in [0.5, 0.6) is 0 Å². The minimum absolute atomic E-state index is 0.0785. The Morgan fingerprint density at radius 1 is 1.21 bits per heavy atom. The van der Waals surface area contributed by atoms with E-state index in [-0.39, 0.29) is 11.4 Å². The van der Waals surface area contributed by atoms with E-state index in [1.54, 1.807) is 12.4 Å². The molecule has 0 unspecified atom stereocenters. The molecule has 0 radical (unpaired) electrons. The fourth-order valence-electron chi connectivity index (χ4n) is 1.25. The number of imidazole rings is 1.